The first-order valence-electron chi connectivity index (χ1n) is 18.6. The van der Waals surface area contributed by atoms with Gasteiger partial charge < -0.3 is 29.7 Å². The summed E-state index contributed by atoms with van der Waals surface area (Å²) in [6.07, 6.45) is 4.53. The number of benzene rings is 1. The van der Waals surface area contributed by atoms with Crippen molar-refractivity contribution in [3.05, 3.63) is 42.6 Å². The van der Waals surface area contributed by atoms with Crippen LogP contribution in [0.15, 0.2) is 42.6 Å². The van der Waals surface area contributed by atoms with E-state index in [1.54, 1.807) is 18.3 Å². The molecule has 53 heavy (non-hydrogen) atoms. The summed E-state index contributed by atoms with van der Waals surface area (Å²) in [4.78, 5) is 61.8. The zero-order chi connectivity index (χ0) is 37.8. The minimum atomic E-state index is -3.86. The third kappa shape index (κ3) is 7.81. The zero-order valence-corrected chi connectivity index (χ0v) is 31.5. The van der Waals surface area contributed by atoms with Crippen LogP contribution in [-0.4, -0.2) is 90.9 Å². The maximum atomic E-state index is 14.6. The topological polar surface area (TPSA) is 182 Å². The van der Waals surface area contributed by atoms with Crippen LogP contribution < -0.4 is 24.8 Å². The lowest BCUT2D eigenvalue weighted by molar-refractivity contribution is -0.143. The van der Waals surface area contributed by atoms with Crippen LogP contribution in [0.5, 0.6) is 11.5 Å². The second-order valence-electron chi connectivity index (χ2n) is 16.4. The average molecular weight is 752 g/mol. The zero-order valence-electron chi connectivity index (χ0n) is 30.7. The molecule has 7 rings (SSSR count). The maximum absolute atomic E-state index is 14.6. The predicted octanol–water partition coefficient (Wildman–Crippen LogP) is 3.69. The van der Waals surface area contributed by atoms with E-state index >= 15 is 0 Å². The van der Waals surface area contributed by atoms with Gasteiger partial charge in [0.2, 0.25) is 21.8 Å². The van der Waals surface area contributed by atoms with Crippen molar-refractivity contribution in [1.29, 1.82) is 0 Å². The van der Waals surface area contributed by atoms with Crippen molar-refractivity contribution in [1.82, 2.24) is 25.2 Å². The lowest BCUT2D eigenvalue weighted by Crippen LogP contribution is -2.60. The smallest absolute Gasteiger partial charge is 0.407 e. The average Bonchev–Trinajstić information content (AvgIpc) is 4.03. The number of ether oxygens (including phenoxy) is 3. The molecule has 1 aromatic heterocycles. The summed E-state index contributed by atoms with van der Waals surface area (Å²) in [5.41, 5.74) is -1.10. The van der Waals surface area contributed by atoms with Gasteiger partial charge in [0.1, 0.15) is 40.9 Å². The first kappa shape index (κ1) is 36.9. The van der Waals surface area contributed by atoms with Crippen molar-refractivity contribution < 1.29 is 41.8 Å². The molecule has 3 aliphatic carbocycles. The van der Waals surface area contributed by atoms with Crippen LogP contribution in [0.1, 0.15) is 79.1 Å². The van der Waals surface area contributed by atoms with Gasteiger partial charge in [-0.15, -0.1) is 0 Å². The summed E-state index contributed by atoms with van der Waals surface area (Å²) in [5, 5.41) is 5.05. The number of cyclic esters (lactones) is 1. The Labute approximate surface area is 310 Å². The van der Waals surface area contributed by atoms with E-state index in [0.717, 1.165) is 18.4 Å². The fourth-order valence-corrected chi connectivity index (χ4v) is 8.87. The van der Waals surface area contributed by atoms with Crippen LogP contribution in [0.3, 0.4) is 0 Å². The molecule has 0 radical (unpaired) electrons. The van der Waals surface area contributed by atoms with E-state index in [0.29, 0.717) is 49.5 Å². The van der Waals surface area contributed by atoms with Crippen molar-refractivity contribution in [2.75, 3.05) is 19.8 Å². The van der Waals surface area contributed by atoms with Gasteiger partial charge in [0.15, 0.2) is 0 Å². The van der Waals surface area contributed by atoms with Gasteiger partial charge in [0.05, 0.1) is 25.0 Å². The number of carbonyl (C=O) groups excluding carboxylic acids is 4. The van der Waals surface area contributed by atoms with Crippen LogP contribution in [0, 0.1) is 16.7 Å². The quantitative estimate of drug-likeness (QED) is 0.394. The third-order valence-electron chi connectivity index (χ3n) is 11.3. The highest BCUT2D eigenvalue weighted by atomic mass is 32.2. The van der Waals surface area contributed by atoms with E-state index in [2.05, 4.69) is 20.3 Å². The number of amides is 4. The molecular weight excluding hydrogens is 703 g/mol. The standard InChI is InChI=1S/C38H49N5O9S/c1-5-24-20-38(24,34(46)42-53(48,49)27-11-12-27)41-32(44)28-19-26-21-43(28)33(45)31(36(2,3)4)40-35(47)51-22-37(13-14-37)15-17-50-25-9-6-8-23(18-25)30-29(52-26)10-7-16-39-30/h6-10,16,18,24,26-28,31H,5,11-15,17,19-22H2,1-4H3,(H,40,47)(H,41,44)(H,42,46)/t24-,26?,28+,31-,38?/m1/s1. The Morgan fingerprint density at radius 1 is 1.08 bits per heavy atom. The Morgan fingerprint density at radius 2 is 1.85 bits per heavy atom. The van der Waals surface area contributed by atoms with E-state index in [1.165, 1.54) is 4.90 Å². The van der Waals surface area contributed by atoms with E-state index in [4.69, 9.17) is 14.2 Å². The summed E-state index contributed by atoms with van der Waals surface area (Å²) in [6.45, 7) is 7.92. The molecule has 2 aromatic rings. The van der Waals surface area contributed by atoms with Gasteiger partial charge >= 0.3 is 6.09 Å². The molecule has 2 unspecified atom stereocenters. The molecular formula is C38H49N5O9S. The van der Waals surface area contributed by atoms with Crippen LogP contribution in [0.25, 0.3) is 11.3 Å². The third-order valence-corrected chi connectivity index (χ3v) is 13.1. The summed E-state index contributed by atoms with van der Waals surface area (Å²) in [6, 6.07) is 8.87. The van der Waals surface area contributed by atoms with Gasteiger partial charge in [-0.25, -0.2) is 13.2 Å². The Bertz CT molecular complexity index is 1890. The molecule has 5 atom stereocenters. The van der Waals surface area contributed by atoms with E-state index in [-0.39, 0.29) is 37.3 Å². The van der Waals surface area contributed by atoms with Crippen LogP contribution in [0.2, 0.25) is 0 Å². The van der Waals surface area contributed by atoms with E-state index < -0.39 is 68.2 Å². The van der Waals surface area contributed by atoms with Gasteiger partial charge in [-0.05, 0) is 74.1 Å². The number of sulfonamides is 1. The number of hydrogen-bond donors (Lipinski definition) is 3. The first-order valence-corrected chi connectivity index (χ1v) is 20.1. The number of pyridine rings is 1. The van der Waals surface area contributed by atoms with Gasteiger partial charge in [-0.1, -0.05) is 46.2 Å². The molecule has 5 aliphatic rings. The summed E-state index contributed by atoms with van der Waals surface area (Å²) in [7, 11) is -3.86. The van der Waals surface area contributed by atoms with Gasteiger partial charge in [-0.2, -0.15) is 0 Å². The monoisotopic (exact) mass is 751 g/mol. The molecule has 14 nitrogen and oxygen atoms in total. The molecule has 1 aromatic carbocycles. The highest BCUT2D eigenvalue weighted by Gasteiger charge is 2.62. The minimum absolute atomic E-state index is 0.00666. The molecule has 4 fully saturated rings. The molecule has 3 N–H and O–H groups in total. The van der Waals surface area contributed by atoms with Crippen LogP contribution in [0.4, 0.5) is 4.79 Å². The number of nitrogens with zero attached hydrogens (tertiary/aromatic N) is 2. The number of rotatable bonds is 6. The fourth-order valence-electron chi connectivity index (χ4n) is 7.51. The van der Waals surface area contributed by atoms with E-state index in [1.807, 2.05) is 52.0 Å². The predicted molar refractivity (Wildman–Crippen MR) is 193 cm³/mol. The number of carbonyl (C=O) groups is 4. The number of nitrogens with one attached hydrogen (secondary N) is 3. The maximum Gasteiger partial charge on any atom is 0.407 e. The van der Waals surface area contributed by atoms with Crippen molar-refractivity contribution in [3.8, 4) is 22.8 Å². The van der Waals surface area contributed by atoms with Gasteiger partial charge in [-0.3, -0.25) is 24.1 Å². The SMILES string of the molecule is CC[C@@H]1CC1(NC(=O)[C@@H]1CC2CN1C(=O)[C@H](C(C)(C)C)NC(=O)OCC1(CCOc3cccc(c3)-c3ncccc3O2)CC1)C(=O)NS(=O)(=O)C1CC1. The highest BCUT2D eigenvalue weighted by Crippen LogP contribution is 2.49. The molecule has 1 spiro atoms. The van der Waals surface area contributed by atoms with E-state index in [9.17, 15) is 27.6 Å². The van der Waals surface area contributed by atoms with Crippen LogP contribution >= 0.6 is 0 Å². The molecule has 4 amide bonds. The largest absolute Gasteiger partial charge is 0.494 e. The number of aromatic nitrogens is 1. The van der Waals surface area contributed by atoms with Crippen molar-refractivity contribution >= 4 is 33.8 Å². The second kappa shape index (κ2) is 13.8. The first-order chi connectivity index (χ1) is 25.1. The molecule has 1 saturated heterocycles. The molecule has 3 saturated carbocycles. The Kier molecular flexibility index (Phi) is 9.61. The molecule has 3 heterocycles. The summed E-state index contributed by atoms with van der Waals surface area (Å²) >= 11 is 0. The molecule has 4 bridgehead atoms. The Balaban J connectivity index is 1.21. The van der Waals surface area contributed by atoms with Crippen LogP contribution in [-0.2, 0) is 29.1 Å². The fraction of sp³-hybridized carbons (Fsp3) is 0.605. The normalized spacial score (nSPS) is 28.4. The summed E-state index contributed by atoms with van der Waals surface area (Å²) in [5.74, 6) is -1.06. The van der Waals surface area contributed by atoms with Crippen molar-refractivity contribution in [2.45, 2.75) is 108 Å². The highest BCUT2D eigenvalue weighted by molar-refractivity contribution is 7.91. The van der Waals surface area contributed by atoms with Gasteiger partial charge in [0, 0.05) is 23.6 Å². The van der Waals surface area contributed by atoms with Gasteiger partial charge in [0.25, 0.3) is 5.91 Å². The lowest BCUT2D eigenvalue weighted by Gasteiger charge is -2.35. The Morgan fingerprint density at radius 3 is 2.53 bits per heavy atom. The summed E-state index contributed by atoms with van der Waals surface area (Å²) < 4.78 is 46.1. The second-order valence-corrected chi connectivity index (χ2v) is 18.4. The molecule has 15 heteroatoms. The number of fused-ring (bicyclic) bond motifs is 6. The minimum Gasteiger partial charge on any atom is -0.494 e. The molecule has 286 valence electrons. The number of alkyl carbamates (subject to hydrolysis) is 1. The molecule has 2 aliphatic heterocycles. The van der Waals surface area contributed by atoms with Crippen molar-refractivity contribution in [3.63, 3.8) is 0 Å². The Hall–Kier alpha value is -4.40. The lowest BCUT2D eigenvalue weighted by atomic mass is 9.85. The van der Waals surface area contributed by atoms with Crippen molar-refractivity contribution in [2.24, 2.45) is 16.7 Å². The number of hydrogen-bond acceptors (Lipinski definition) is 10.